The number of aryl methyl sites for hydroxylation is 2. The van der Waals surface area contributed by atoms with Crippen LogP contribution in [-0.4, -0.2) is 4.98 Å². The van der Waals surface area contributed by atoms with E-state index >= 15 is 0 Å². The van der Waals surface area contributed by atoms with Crippen LogP contribution in [0.2, 0.25) is 0 Å². The van der Waals surface area contributed by atoms with E-state index in [-0.39, 0.29) is 11.0 Å². The van der Waals surface area contributed by atoms with Crippen LogP contribution < -0.4 is 4.57 Å². The first-order valence-electron chi connectivity index (χ1n) is 9.34. The number of benzene rings is 2. The second kappa shape index (κ2) is 5.51. The highest BCUT2D eigenvalue weighted by atomic mass is 15.1. The molecule has 2 nitrogen and oxygen atoms in total. The predicted molar refractivity (Wildman–Crippen MR) is 107 cm³/mol. The minimum atomic E-state index is -0.0665. The first-order valence-corrected chi connectivity index (χ1v) is 9.34. The van der Waals surface area contributed by atoms with Gasteiger partial charge in [-0.3, -0.25) is 0 Å². The molecule has 2 heterocycles. The molecule has 0 spiro atoms. The molecule has 0 saturated carbocycles. The summed E-state index contributed by atoms with van der Waals surface area (Å²) in [6.45, 7) is 13.6. The third-order valence-corrected chi connectivity index (χ3v) is 6.59. The Labute approximate surface area is 156 Å². The maximum Gasteiger partial charge on any atom is 0.287 e. The van der Waals surface area contributed by atoms with Gasteiger partial charge in [-0.2, -0.15) is 0 Å². The van der Waals surface area contributed by atoms with Gasteiger partial charge in [0.1, 0.15) is 11.2 Å². The van der Waals surface area contributed by atoms with Crippen LogP contribution >= 0.6 is 0 Å². The molecular weight excluding hydrogens is 316 g/mol. The highest BCUT2D eigenvalue weighted by molar-refractivity contribution is 5.73. The van der Waals surface area contributed by atoms with Gasteiger partial charge in [0.05, 0.1) is 0 Å². The highest BCUT2D eigenvalue weighted by Crippen LogP contribution is 2.45. The highest BCUT2D eigenvalue weighted by Gasteiger charge is 2.49. The van der Waals surface area contributed by atoms with Gasteiger partial charge in [0.15, 0.2) is 5.69 Å². The molecule has 3 aromatic rings. The third-order valence-electron chi connectivity index (χ3n) is 6.59. The normalized spacial score (nSPS) is 16.7. The van der Waals surface area contributed by atoms with Gasteiger partial charge in [-0.1, -0.05) is 56.3 Å². The third kappa shape index (κ3) is 2.18. The lowest BCUT2D eigenvalue weighted by Gasteiger charge is -2.45. The van der Waals surface area contributed by atoms with E-state index in [4.69, 9.17) is 4.98 Å². The lowest BCUT2D eigenvalue weighted by Crippen LogP contribution is -2.65. The molecule has 132 valence electrons. The first kappa shape index (κ1) is 17.0. The monoisotopic (exact) mass is 343 g/mol. The summed E-state index contributed by atoms with van der Waals surface area (Å²) in [4.78, 5) is 4.88. The Morgan fingerprint density at radius 2 is 1.50 bits per heavy atom. The van der Waals surface area contributed by atoms with Gasteiger partial charge in [-0.05, 0) is 49.4 Å². The predicted octanol–water partition coefficient (Wildman–Crippen LogP) is 5.35. The molecule has 2 heteroatoms. The van der Waals surface area contributed by atoms with E-state index in [1.807, 2.05) is 6.33 Å². The molecule has 26 heavy (non-hydrogen) atoms. The van der Waals surface area contributed by atoms with Crippen molar-refractivity contribution in [3.05, 3.63) is 71.5 Å². The van der Waals surface area contributed by atoms with Gasteiger partial charge in [0, 0.05) is 22.6 Å². The van der Waals surface area contributed by atoms with E-state index in [1.165, 1.54) is 33.5 Å². The molecular formula is C24H27N2+. The molecule has 0 unspecified atom stereocenters. The number of fused-ring (bicyclic) bond motifs is 3. The molecule has 0 N–H and O–H groups in total. The molecule has 0 amide bonds. The van der Waals surface area contributed by atoms with Crippen LogP contribution in [0.25, 0.3) is 22.5 Å². The number of nitrogens with zero attached hydrogens (tertiary/aromatic N) is 2. The van der Waals surface area contributed by atoms with Crippen molar-refractivity contribution in [3.63, 3.8) is 0 Å². The zero-order chi connectivity index (χ0) is 18.7. The zero-order valence-corrected chi connectivity index (χ0v) is 16.6. The first-order chi connectivity index (χ1) is 12.2. The summed E-state index contributed by atoms with van der Waals surface area (Å²) in [6, 6.07) is 17.5. The summed E-state index contributed by atoms with van der Waals surface area (Å²) in [5, 5.41) is 0. The molecule has 0 radical (unpaired) electrons. The molecule has 0 saturated heterocycles. The smallest absolute Gasteiger partial charge is 0.224 e. The molecule has 2 aromatic carbocycles. The maximum absolute atomic E-state index is 4.88. The molecule has 1 aliphatic heterocycles. The van der Waals surface area contributed by atoms with Crippen molar-refractivity contribution in [2.24, 2.45) is 0 Å². The zero-order valence-electron chi connectivity index (χ0n) is 16.6. The van der Waals surface area contributed by atoms with Gasteiger partial charge in [-0.25, -0.2) is 4.57 Å². The van der Waals surface area contributed by atoms with E-state index < -0.39 is 0 Å². The quantitative estimate of drug-likeness (QED) is 0.545. The molecule has 0 atom stereocenters. The summed E-state index contributed by atoms with van der Waals surface area (Å²) in [5.74, 6) is 0. The minimum Gasteiger partial charge on any atom is -0.224 e. The van der Waals surface area contributed by atoms with Crippen LogP contribution in [0.5, 0.6) is 0 Å². The summed E-state index contributed by atoms with van der Waals surface area (Å²) < 4.78 is 2.35. The topological polar surface area (TPSA) is 16.8 Å². The van der Waals surface area contributed by atoms with Gasteiger partial charge in [0.2, 0.25) is 0 Å². The van der Waals surface area contributed by atoms with E-state index in [1.54, 1.807) is 0 Å². The van der Waals surface area contributed by atoms with Crippen molar-refractivity contribution in [1.82, 2.24) is 4.98 Å². The Morgan fingerprint density at radius 1 is 0.846 bits per heavy atom. The fourth-order valence-electron chi connectivity index (χ4n) is 4.31. The van der Waals surface area contributed by atoms with Gasteiger partial charge >= 0.3 is 0 Å². The van der Waals surface area contributed by atoms with Crippen LogP contribution in [0.3, 0.4) is 0 Å². The molecule has 4 rings (SSSR count). The van der Waals surface area contributed by atoms with E-state index in [0.29, 0.717) is 0 Å². The van der Waals surface area contributed by atoms with Crippen LogP contribution in [-0.2, 0) is 11.0 Å². The summed E-state index contributed by atoms with van der Waals surface area (Å²) in [7, 11) is 0. The molecule has 1 aliphatic rings. The van der Waals surface area contributed by atoms with E-state index in [9.17, 15) is 0 Å². The van der Waals surface area contributed by atoms with Crippen molar-refractivity contribution in [2.75, 3.05) is 0 Å². The number of aromatic nitrogens is 2. The van der Waals surface area contributed by atoms with E-state index in [0.717, 1.165) is 5.69 Å². The second-order valence-corrected chi connectivity index (χ2v) is 8.53. The fraction of sp³-hybridized carbons (Fsp3) is 0.333. The van der Waals surface area contributed by atoms with E-state index in [2.05, 4.69) is 94.6 Å². The largest absolute Gasteiger partial charge is 0.287 e. The van der Waals surface area contributed by atoms with Crippen LogP contribution in [0.4, 0.5) is 0 Å². The van der Waals surface area contributed by atoms with Crippen LogP contribution in [0.1, 0.15) is 44.4 Å². The minimum absolute atomic E-state index is 0.0169. The summed E-state index contributed by atoms with van der Waals surface area (Å²) >= 11 is 0. The van der Waals surface area contributed by atoms with Gasteiger partial charge in [-0.15, -0.1) is 0 Å². The fourth-order valence-corrected chi connectivity index (χ4v) is 4.31. The average Bonchev–Trinajstić information content (AvgIpc) is 2.60. The number of hydrogen-bond acceptors (Lipinski definition) is 1. The Hall–Kier alpha value is -2.48. The van der Waals surface area contributed by atoms with Crippen LogP contribution in [0, 0.1) is 13.8 Å². The van der Waals surface area contributed by atoms with Crippen molar-refractivity contribution in [2.45, 2.75) is 52.5 Å². The second-order valence-electron chi connectivity index (χ2n) is 8.53. The lowest BCUT2D eigenvalue weighted by molar-refractivity contribution is -0.762. The van der Waals surface area contributed by atoms with Crippen molar-refractivity contribution >= 4 is 0 Å². The average molecular weight is 343 g/mol. The van der Waals surface area contributed by atoms with Crippen molar-refractivity contribution in [3.8, 4) is 22.5 Å². The molecule has 0 aliphatic carbocycles. The van der Waals surface area contributed by atoms with Crippen LogP contribution in [0.15, 0.2) is 54.9 Å². The van der Waals surface area contributed by atoms with Crippen molar-refractivity contribution in [1.29, 1.82) is 0 Å². The standard InChI is InChI=1S/C24H27N2/c1-16-10-9-11-17(2)22(16)20-14-21-18-12-7-8-13-19(18)23(3,4)24(5,6)26(21)15-25-20/h7-15H,1-6H3/q+1. The molecule has 1 aromatic heterocycles. The Kier molecular flexibility index (Phi) is 3.59. The molecule has 0 fully saturated rings. The Bertz CT molecular complexity index is 992. The van der Waals surface area contributed by atoms with Crippen molar-refractivity contribution < 1.29 is 4.57 Å². The maximum atomic E-state index is 4.88. The Morgan fingerprint density at radius 3 is 2.19 bits per heavy atom. The van der Waals surface area contributed by atoms with Gasteiger partial charge in [0.25, 0.3) is 6.33 Å². The summed E-state index contributed by atoms with van der Waals surface area (Å²) in [6.07, 6.45) is 2.04. The number of hydrogen-bond donors (Lipinski definition) is 0. The molecule has 0 bridgehead atoms. The SMILES string of the molecule is Cc1cccc(C)c1-c1cc2[n+](cn1)C(C)(C)C(C)(C)c1ccccc1-2. The van der Waals surface area contributed by atoms with Gasteiger partial charge < -0.3 is 0 Å². The Balaban J connectivity index is 2.03. The number of rotatable bonds is 1. The lowest BCUT2D eigenvalue weighted by atomic mass is 9.65. The summed E-state index contributed by atoms with van der Waals surface area (Å²) in [5.41, 5.74) is 8.75.